The van der Waals surface area contributed by atoms with Gasteiger partial charge in [0.05, 0.1) is 0 Å². The van der Waals surface area contributed by atoms with Gasteiger partial charge in [0.1, 0.15) is 5.56 Å². The average molecular weight is 220 g/mol. The third kappa shape index (κ3) is 1.54. The number of hydrogen-bond acceptors (Lipinski definition) is 4. The summed E-state index contributed by atoms with van der Waals surface area (Å²) >= 11 is 0. The van der Waals surface area contributed by atoms with Gasteiger partial charge in [0, 0.05) is 19.0 Å². The van der Waals surface area contributed by atoms with E-state index in [-0.39, 0.29) is 24.2 Å². The zero-order chi connectivity index (χ0) is 11.7. The summed E-state index contributed by atoms with van der Waals surface area (Å²) in [6.07, 6.45) is 1.56. The highest BCUT2D eigenvalue weighted by atomic mass is 16.4. The highest BCUT2D eigenvalue weighted by molar-refractivity contribution is 6.21. The molecule has 0 radical (unpaired) electrons. The van der Waals surface area contributed by atoms with Gasteiger partial charge in [-0.15, -0.1) is 0 Å². The van der Waals surface area contributed by atoms with E-state index < -0.39 is 17.8 Å². The minimum absolute atomic E-state index is 0.0949. The maximum atomic E-state index is 11.4. The first-order valence-electron chi connectivity index (χ1n) is 4.65. The molecule has 0 spiro atoms. The molecule has 2 heterocycles. The molecule has 1 aromatic heterocycles. The second-order valence-electron chi connectivity index (χ2n) is 3.30. The summed E-state index contributed by atoms with van der Waals surface area (Å²) in [4.78, 5) is 38.4. The average Bonchev–Trinajstić information content (AvgIpc) is 2.58. The number of amides is 2. The van der Waals surface area contributed by atoms with Crippen LogP contribution in [0.4, 0.5) is 5.82 Å². The first-order valence-corrected chi connectivity index (χ1v) is 4.65. The van der Waals surface area contributed by atoms with Gasteiger partial charge in [0.2, 0.25) is 11.8 Å². The second-order valence-corrected chi connectivity index (χ2v) is 3.30. The molecule has 1 N–H and O–H groups in total. The van der Waals surface area contributed by atoms with Crippen molar-refractivity contribution in [2.45, 2.75) is 12.8 Å². The first-order chi connectivity index (χ1) is 7.61. The molecule has 0 atom stereocenters. The standard InChI is InChI=1S/C10H8N2O4/c13-7-3-4-8(14)12(7)9-6(10(15)16)2-1-5-11-9/h1-2,5H,3-4H2,(H,15,16). The number of anilines is 1. The van der Waals surface area contributed by atoms with E-state index >= 15 is 0 Å². The van der Waals surface area contributed by atoms with E-state index in [0.717, 1.165) is 4.90 Å². The van der Waals surface area contributed by atoms with Gasteiger partial charge in [-0.05, 0) is 12.1 Å². The summed E-state index contributed by atoms with van der Waals surface area (Å²) in [6, 6.07) is 2.75. The van der Waals surface area contributed by atoms with Crippen LogP contribution in [0.5, 0.6) is 0 Å². The number of carboxylic acid groups (broad SMARTS) is 1. The van der Waals surface area contributed by atoms with E-state index in [1.165, 1.54) is 18.3 Å². The van der Waals surface area contributed by atoms with Crippen LogP contribution in [0.1, 0.15) is 23.2 Å². The Morgan fingerprint density at radius 1 is 1.31 bits per heavy atom. The van der Waals surface area contributed by atoms with Crippen molar-refractivity contribution in [3.63, 3.8) is 0 Å². The number of rotatable bonds is 2. The maximum Gasteiger partial charge on any atom is 0.339 e. The van der Waals surface area contributed by atoms with Crippen LogP contribution in [-0.4, -0.2) is 27.9 Å². The van der Waals surface area contributed by atoms with Gasteiger partial charge in [0.15, 0.2) is 5.82 Å². The molecule has 1 aliphatic heterocycles. The third-order valence-corrected chi connectivity index (χ3v) is 2.28. The van der Waals surface area contributed by atoms with Crippen molar-refractivity contribution in [1.29, 1.82) is 0 Å². The second kappa shape index (κ2) is 3.73. The SMILES string of the molecule is O=C(O)c1cccnc1N1C(=O)CCC1=O. The van der Waals surface area contributed by atoms with Gasteiger partial charge in [-0.2, -0.15) is 0 Å². The zero-order valence-corrected chi connectivity index (χ0v) is 8.21. The molecule has 16 heavy (non-hydrogen) atoms. The predicted octanol–water partition coefficient (Wildman–Crippen LogP) is 0.433. The Hall–Kier alpha value is -2.24. The first kappa shape index (κ1) is 10.3. The van der Waals surface area contributed by atoms with E-state index in [0.29, 0.717) is 0 Å². The van der Waals surface area contributed by atoms with E-state index in [1.807, 2.05) is 0 Å². The lowest BCUT2D eigenvalue weighted by molar-refractivity contribution is -0.121. The number of imide groups is 1. The van der Waals surface area contributed by atoms with Gasteiger partial charge in [-0.25, -0.2) is 14.7 Å². The van der Waals surface area contributed by atoms with Crippen molar-refractivity contribution < 1.29 is 19.5 Å². The molecule has 0 unspecified atom stereocenters. The summed E-state index contributed by atoms with van der Waals surface area (Å²) < 4.78 is 0. The normalized spacial score (nSPS) is 15.6. The monoisotopic (exact) mass is 220 g/mol. The van der Waals surface area contributed by atoms with Crippen LogP contribution in [0.2, 0.25) is 0 Å². The van der Waals surface area contributed by atoms with Crippen molar-refractivity contribution in [3.8, 4) is 0 Å². The van der Waals surface area contributed by atoms with Crippen molar-refractivity contribution in [3.05, 3.63) is 23.9 Å². The van der Waals surface area contributed by atoms with Gasteiger partial charge in [-0.1, -0.05) is 0 Å². The highest BCUT2D eigenvalue weighted by Gasteiger charge is 2.33. The molecular weight excluding hydrogens is 212 g/mol. The van der Waals surface area contributed by atoms with E-state index in [1.54, 1.807) is 0 Å². The number of carbonyl (C=O) groups excluding carboxylic acids is 2. The van der Waals surface area contributed by atoms with Crippen LogP contribution in [-0.2, 0) is 9.59 Å². The molecule has 0 bridgehead atoms. The molecule has 1 fully saturated rings. The van der Waals surface area contributed by atoms with Crippen molar-refractivity contribution in [2.24, 2.45) is 0 Å². The number of carbonyl (C=O) groups is 3. The largest absolute Gasteiger partial charge is 0.478 e. The molecule has 6 nitrogen and oxygen atoms in total. The smallest absolute Gasteiger partial charge is 0.339 e. The lowest BCUT2D eigenvalue weighted by atomic mass is 10.2. The van der Waals surface area contributed by atoms with Crippen LogP contribution >= 0.6 is 0 Å². The number of hydrogen-bond donors (Lipinski definition) is 1. The minimum atomic E-state index is -1.21. The Kier molecular flexibility index (Phi) is 2.40. The fraction of sp³-hybridized carbons (Fsp3) is 0.200. The Bertz CT molecular complexity index is 467. The lowest BCUT2D eigenvalue weighted by Gasteiger charge is -2.14. The van der Waals surface area contributed by atoms with Crippen LogP contribution in [0, 0.1) is 0 Å². The van der Waals surface area contributed by atoms with Crippen LogP contribution in [0.15, 0.2) is 18.3 Å². The fourth-order valence-corrected chi connectivity index (χ4v) is 1.55. The number of aromatic carboxylic acids is 1. The van der Waals surface area contributed by atoms with Gasteiger partial charge >= 0.3 is 5.97 Å². The summed E-state index contributed by atoms with van der Waals surface area (Å²) in [6.45, 7) is 0. The number of pyridine rings is 1. The summed E-state index contributed by atoms with van der Waals surface area (Å²) in [5, 5.41) is 8.91. The molecule has 82 valence electrons. The molecule has 2 rings (SSSR count). The molecule has 2 amide bonds. The molecule has 6 heteroatoms. The molecule has 0 saturated carbocycles. The lowest BCUT2D eigenvalue weighted by Crippen LogP contribution is -2.31. The Labute approximate surface area is 90.5 Å². The highest BCUT2D eigenvalue weighted by Crippen LogP contribution is 2.23. The van der Waals surface area contributed by atoms with Crippen molar-refractivity contribution in [2.75, 3.05) is 4.90 Å². The maximum absolute atomic E-state index is 11.4. The quantitative estimate of drug-likeness (QED) is 0.730. The summed E-state index contributed by atoms with van der Waals surface area (Å²) in [5.74, 6) is -2.13. The number of nitrogens with zero attached hydrogens (tertiary/aromatic N) is 2. The number of aromatic nitrogens is 1. The third-order valence-electron chi connectivity index (χ3n) is 2.28. The van der Waals surface area contributed by atoms with Crippen molar-refractivity contribution in [1.82, 2.24) is 4.98 Å². The predicted molar refractivity (Wildman–Crippen MR) is 52.9 cm³/mol. The van der Waals surface area contributed by atoms with Crippen LogP contribution in [0.25, 0.3) is 0 Å². The van der Waals surface area contributed by atoms with E-state index in [4.69, 9.17) is 5.11 Å². The minimum Gasteiger partial charge on any atom is -0.478 e. The molecule has 1 aromatic rings. The summed E-state index contributed by atoms with van der Waals surface area (Å²) in [7, 11) is 0. The van der Waals surface area contributed by atoms with E-state index in [2.05, 4.69) is 4.98 Å². The fourth-order valence-electron chi connectivity index (χ4n) is 1.55. The molecule has 0 aromatic carbocycles. The molecular formula is C10H8N2O4. The van der Waals surface area contributed by atoms with Crippen molar-refractivity contribution >= 4 is 23.6 Å². The Morgan fingerprint density at radius 2 is 1.94 bits per heavy atom. The molecule has 1 saturated heterocycles. The molecule has 1 aliphatic rings. The summed E-state index contributed by atoms with van der Waals surface area (Å²) in [5.41, 5.74) is -0.147. The van der Waals surface area contributed by atoms with Gasteiger partial charge in [0.25, 0.3) is 0 Å². The van der Waals surface area contributed by atoms with E-state index in [9.17, 15) is 14.4 Å². The van der Waals surface area contributed by atoms with Crippen LogP contribution < -0.4 is 4.90 Å². The zero-order valence-electron chi connectivity index (χ0n) is 8.21. The van der Waals surface area contributed by atoms with Gasteiger partial charge < -0.3 is 5.11 Å². The number of carboxylic acids is 1. The van der Waals surface area contributed by atoms with Gasteiger partial charge in [-0.3, -0.25) is 9.59 Å². The van der Waals surface area contributed by atoms with Crippen LogP contribution in [0.3, 0.4) is 0 Å². The molecule has 0 aliphatic carbocycles. The Balaban J connectivity index is 2.51. The Morgan fingerprint density at radius 3 is 2.50 bits per heavy atom. The topological polar surface area (TPSA) is 87.6 Å².